The van der Waals surface area contributed by atoms with Gasteiger partial charge in [0.25, 0.3) is 0 Å². The highest BCUT2D eigenvalue weighted by molar-refractivity contribution is 9.10. The Morgan fingerprint density at radius 3 is 2.57 bits per heavy atom. The molecule has 0 N–H and O–H groups in total. The maximum absolute atomic E-state index is 12.1. The molecule has 0 spiro atoms. The third-order valence-corrected chi connectivity index (χ3v) is 3.98. The Balaban J connectivity index is 1.94. The van der Waals surface area contributed by atoms with Crippen molar-refractivity contribution in [3.8, 4) is 0 Å². The van der Waals surface area contributed by atoms with Crippen LogP contribution in [0, 0.1) is 0 Å². The van der Waals surface area contributed by atoms with Crippen LogP contribution in [0.25, 0.3) is 6.08 Å². The highest BCUT2D eigenvalue weighted by Gasteiger charge is 2.18. The molecule has 0 amide bonds. The van der Waals surface area contributed by atoms with Gasteiger partial charge in [0.2, 0.25) is 5.78 Å². The number of Topliss-reactive ketones (excluding diaryl/α,β-unsaturated/α-hetero) is 1. The fourth-order valence-corrected chi connectivity index (χ4v) is 2.54. The Kier molecular flexibility index (Phi) is 5.47. The van der Waals surface area contributed by atoms with E-state index < -0.39 is 12.1 Å². The third kappa shape index (κ3) is 4.65. The first-order chi connectivity index (χ1) is 10.1. The molecule has 5 heteroatoms. The third-order valence-electron chi connectivity index (χ3n) is 2.75. The second-order valence-electron chi connectivity index (χ2n) is 4.34. The Morgan fingerprint density at radius 1 is 1.24 bits per heavy atom. The molecule has 21 heavy (non-hydrogen) atoms. The summed E-state index contributed by atoms with van der Waals surface area (Å²) < 4.78 is 6.00. The van der Waals surface area contributed by atoms with Gasteiger partial charge in [-0.05, 0) is 47.5 Å². The monoisotopic (exact) mass is 364 g/mol. The van der Waals surface area contributed by atoms with Gasteiger partial charge >= 0.3 is 5.97 Å². The van der Waals surface area contributed by atoms with E-state index in [2.05, 4.69) is 15.9 Å². The highest BCUT2D eigenvalue weighted by Crippen LogP contribution is 2.13. The number of hydrogen-bond donors (Lipinski definition) is 0. The largest absolute Gasteiger partial charge is 0.451 e. The van der Waals surface area contributed by atoms with Crippen LogP contribution >= 0.6 is 27.3 Å². The van der Waals surface area contributed by atoms with Crippen LogP contribution < -0.4 is 0 Å². The van der Waals surface area contributed by atoms with Gasteiger partial charge < -0.3 is 4.74 Å². The summed E-state index contributed by atoms with van der Waals surface area (Å²) in [5, 5.41) is 3.84. The molecular weight excluding hydrogens is 352 g/mol. The van der Waals surface area contributed by atoms with Gasteiger partial charge in [0.1, 0.15) is 0 Å². The highest BCUT2D eigenvalue weighted by atomic mass is 79.9. The van der Waals surface area contributed by atoms with Crippen LogP contribution in [0.15, 0.2) is 51.6 Å². The number of hydrogen-bond acceptors (Lipinski definition) is 4. The smallest absolute Gasteiger partial charge is 0.331 e. The minimum atomic E-state index is -0.814. The molecular formula is C16H13BrO3S. The summed E-state index contributed by atoms with van der Waals surface area (Å²) in [5.41, 5.74) is 1.45. The van der Waals surface area contributed by atoms with Crippen LogP contribution in [-0.2, 0) is 9.53 Å². The summed E-state index contributed by atoms with van der Waals surface area (Å²) in [5.74, 6) is -0.751. The summed E-state index contributed by atoms with van der Waals surface area (Å²) in [7, 11) is 0. The number of carbonyl (C=O) groups excluding carboxylic acids is 2. The lowest BCUT2D eigenvalue weighted by molar-refractivity contribution is -0.140. The maximum Gasteiger partial charge on any atom is 0.331 e. The topological polar surface area (TPSA) is 43.4 Å². The lowest BCUT2D eigenvalue weighted by Crippen LogP contribution is -2.23. The van der Waals surface area contributed by atoms with Crippen LogP contribution in [0.5, 0.6) is 0 Å². The van der Waals surface area contributed by atoms with Crippen molar-refractivity contribution < 1.29 is 14.3 Å². The van der Waals surface area contributed by atoms with Gasteiger partial charge in [0.15, 0.2) is 6.10 Å². The SMILES string of the molecule is C[C@H](OC(=O)/C=C/c1ccsc1)C(=O)c1ccc(Br)cc1. The van der Waals surface area contributed by atoms with Gasteiger partial charge in [-0.25, -0.2) is 4.79 Å². The number of ketones is 1. The van der Waals surface area contributed by atoms with Crippen LogP contribution in [0.2, 0.25) is 0 Å². The fraction of sp³-hybridized carbons (Fsp3) is 0.125. The zero-order valence-electron chi connectivity index (χ0n) is 11.3. The van der Waals surface area contributed by atoms with Gasteiger partial charge in [-0.15, -0.1) is 0 Å². The van der Waals surface area contributed by atoms with Gasteiger partial charge in [-0.1, -0.05) is 28.1 Å². The number of benzene rings is 1. The first kappa shape index (κ1) is 15.7. The van der Waals surface area contributed by atoms with E-state index in [0.717, 1.165) is 10.0 Å². The van der Waals surface area contributed by atoms with Crippen LogP contribution in [0.3, 0.4) is 0 Å². The number of esters is 1. The lowest BCUT2D eigenvalue weighted by atomic mass is 10.1. The molecule has 0 unspecified atom stereocenters. The lowest BCUT2D eigenvalue weighted by Gasteiger charge is -2.10. The first-order valence-corrected chi connectivity index (χ1v) is 8.00. The van der Waals surface area contributed by atoms with Crippen molar-refractivity contribution in [3.63, 3.8) is 0 Å². The Labute approximate surface area is 135 Å². The van der Waals surface area contributed by atoms with Gasteiger partial charge in [-0.2, -0.15) is 11.3 Å². The quantitative estimate of drug-likeness (QED) is 0.450. The van der Waals surface area contributed by atoms with Crippen molar-refractivity contribution in [1.82, 2.24) is 0 Å². The summed E-state index contributed by atoms with van der Waals surface area (Å²) >= 11 is 4.85. The minimum absolute atomic E-state index is 0.222. The summed E-state index contributed by atoms with van der Waals surface area (Å²) in [6.07, 6.45) is 2.18. The van der Waals surface area contributed by atoms with E-state index in [1.165, 1.54) is 6.08 Å². The molecule has 0 saturated carbocycles. The molecule has 2 aromatic rings. The molecule has 1 aromatic carbocycles. The van der Waals surface area contributed by atoms with E-state index in [1.807, 2.05) is 16.8 Å². The second kappa shape index (κ2) is 7.33. The van der Waals surface area contributed by atoms with Crippen molar-refractivity contribution in [2.24, 2.45) is 0 Å². The van der Waals surface area contributed by atoms with Crippen molar-refractivity contribution in [2.45, 2.75) is 13.0 Å². The average Bonchev–Trinajstić information content (AvgIpc) is 2.98. The van der Waals surface area contributed by atoms with E-state index in [4.69, 9.17) is 4.74 Å². The van der Waals surface area contributed by atoms with E-state index >= 15 is 0 Å². The predicted octanol–water partition coefficient (Wildman–Crippen LogP) is 4.34. The molecule has 1 heterocycles. The fourth-order valence-electron chi connectivity index (χ4n) is 1.65. The molecule has 1 aromatic heterocycles. The molecule has 0 saturated heterocycles. The summed E-state index contributed by atoms with van der Waals surface area (Å²) in [6, 6.07) is 8.83. The standard InChI is InChI=1S/C16H13BrO3S/c1-11(16(19)13-3-5-14(17)6-4-13)20-15(18)7-2-12-8-9-21-10-12/h2-11H,1H3/b7-2+/t11-/m0/s1. The van der Waals surface area contributed by atoms with E-state index in [0.29, 0.717) is 5.56 Å². The number of carbonyl (C=O) groups is 2. The molecule has 0 aliphatic heterocycles. The normalized spacial score (nSPS) is 12.3. The van der Waals surface area contributed by atoms with Crippen LogP contribution in [-0.4, -0.2) is 17.9 Å². The predicted molar refractivity (Wildman–Crippen MR) is 87.4 cm³/mol. The van der Waals surface area contributed by atoms with Crippen LogP contribution in [0.4, 0.5) is 0 Å². The minimum Gasteiger partial charge on any atom is -0.451 e. The van der Waals surface area contributed by atoms with Gasteiger partial charge in [0, 0.05) is 16.1 Å². The van der Waals surface area contributed by atoms with E-state index in [9.17, 15) is 9.59 Å². The van der Waals surface area contributed by atoms with Crippen molar-refractivity contribution in [2.75, 3.05) is 0 Å². The number of rotatable bonds is 5. The Hall–Kier alpha value is -1.72. The van der Waals surface area contributed by atoms with Crippen molar-refractivity contribution in [1.29, 1.82) is 0 Å². The molecule has 1 atom stereocenters. The number of thiophene rings is 1. The Bertz CT molecular complexity index is 645. The zero-order valence-corrected chi connectivity index (χ0v) is 13.7. The molecule has 0 aliphatic rings. The molecule has 0 fully saturated rings. The maximum atomic E-state index is 12.1. The molecule has 108 valence electrons. The van der Waals surface area contributed by atoms with Crippen molar-refractivity contribution >= 4 is 45.1 Å². The van der Waals surface area contributed by atoms with Gasteiger partial charge in [0.05, 0.1) is 0 Å². The van der Waals surface area contributed by atoms with E-state index in [-0.39, 0.29) is 5.78 Å². The molecule has 3 nitrogen and oxygen atoms in total. The summed E-state index contributed by atoms with van der Waals surface area (Å²) in [6.45, 7) is 1.57. The first-order valence-electron chi connectivity index (χ1n) is 6.27. The summed E-state index contributed by atoms with van der Waals surface area (Å²) in [4.78, 5) is 23.8. The van der Waals surface area contributed by atoms with E-state index in [1.54, 1.807) is 48.6 Å². The molecule has 2 rings (SSSR count). The second-order valence-corrected chi connectivity index (χ2v) is 6.04. The molecule has 0 bridgehead atoms. The van der Waals surface area contributed by atoms with Crippen LogP contribution in [0.1, 0.15) is 22.8 Å². The van der Waals surface area contributed by atoms with Gasteiger partial charge in [-0.3, -0.25) is 4.79 Å². The average molecular weight is 365 g/mol. The molecule has 0 aliphatic carbocycles. The Morgan fingerprint density at radius 2 is 1.95 bits per heavy atom. The number of halogens is 1. The van der Waals surface area contributed by atoms with Crippen molar-refractivity contribution in [3.05, 3.63) is 62.8 Å². The molecule has 0 radical (unpaired) electrons. The number of ether oxygens (including phenoxy) is 1. The zero-order chi connectivity index (χ0) is 15.2.